The van der Waals surface area contributed by atoms with Gasteiger partial charge in [-0.05, 0) is 43.3 Å². The molecule has 0 aromatic heterocycles. The Kier molecular flexibility index (Phi) is 8.43. The van der Waals surface area contributed by atoms with Gasteiger partial charge in [0, 0.05) is 38.6 Å². The summed E-state index contributed by atoms with van der Waals surface area (Å²) in [6.45, 7) is 2.39. The van der Waals surface area contributed by atoms with Crippen LogP contribution in [0, 0.1) is 5.82 Å². The number of carbonyl (C=O) groups excluding carboxylic acids is 1. The molecule has 134 valence electrons. The molecule has 1 unspecified atom stereocenters. The zero-order chi connectivity index (χ0) is 18.2. The van der Waals surface area contributed by atoms with Crippen LogP contribution in [0.3, 0.4) is 0 Å². The van der Waals surface area contributed by atoms with E-state index in [2.05, 4.69) is 5.32 Å². The average Bonchev–Trinajstić information content (AvgIpc) is 2.58. The Morgan fingerprint density at radius 3 is 2.60 bits per heavy atom. The molecule has 0 bridgehead atoms. The van der Waals surface area contributed by atoms with E-state index >= 15 is 0 Å². The Hall–Kier alpha value is -0.880. The molecule has 0 aliphatic heterocycles. The van der Waals surface area contributed by atoms with E-state index < -0.39 is 0 Å². The average molecular weight is 418 g/mol. The van der Waals surface area contributed by atoms with Crippen LogP contribution in [-0.2, 0) is 10.5 Å². The van der Waals surface area contributed by atoms with E-state index in [1.807, 2.05) is 19.1 Å². The van der Waals surface area contributed by atoms with Crippen molar-refractivity contribution in [1.29, 1.82) is 0 Å². The van der Waals surface area contributed by atoms with E-state index in [1.165, 1.54) is 29.6 Å². The number of thioether (sulfide) groups is 2. The second kappa shape index (κ2) is 10.3. The highest BCUT2D eigenvalue weighted by Gasteiger charge is 2.14. The monoisotopic (exact) mass is 417 g/mol. The van der Waals surface area contributed by atoms with E-state index in [-0.39, 0.29) is 17.0 Å². The topological polar surface area (TPSA) is 29.1 Å². The minimum Gasteiger partial charge on any atom is -0.354 e. The lowest BCUT2D eigenvalue weighted by Gasteiger charge is -2.12. The van der Waals surface area contributed by atoms with Gasteiger partial charge >= 0.3 is 0 Å². The number of hydrogen-bond donors (Lipinski definition) is 1. The molecule has 0 saturated heterocycles. The molecule has 0 heterocycles. The molecule has 2 aromatic rings. The largest absolute Gasteiger partial charge is 0.354 e. The first-order valence-electron chi connectivity index (χ1n) is 7.68. The summed E-state index contributed by atoms with van der Waals surface area (Å²) in [5.41, 5.74) is 0.507. The van der Waals surface area contributed by atoms with Crippen LogP contribution in [0.1, 0.15) is 12.5 Å². The molecule has 1 atom stereocenters. The molecule has 0 fully saturated rings. The lowest BCUT2D eigenvalue weighted by atomic mass is 10.2. The summed E-state index contributed by atoms with van der Waals surface area (Å²) < 4.78 is 13.6. The third-order valence-corrected chi connectivity index (χ3v) is 6.05. The highest BCUT2D eigenvalue weighted by molar-refractivity contribution is 8.00. The summed E-state index contributed by atoms with van der Waals surface area (Å²) in [4.78, 5) is 13.1. The summed E-state index contributed by atoms with van der Waals surface area (Å²) in [7, 11) is 0. The first-order chi connectivity index (χ1) is 12.0. The fourth-order valence-corrected chi connectivity index (χ4v) is 4.22. The SMILES string of the molecule is CC(Sc1ccc(Cl)cc1)C(=O)NCCSCc1c(F)cccc1Cl. The van der Waals surface area contributed by atoms with E-state index in [0.29, 0.717) is 33.7 Å². The van der Waals surface area contributed by atoms with Crippen molar-refractivity contribution in [3.8, 4) is 0 Å². The van der Waals surface area contributed by atoms with Gasteiger partial charge in [0.05, 0.1) is 5.25 Å². The van der Waals surface area contributed by atoms with Gasteiger partial charge in [-0.25, -0.2) is 4.39 Å². The van der Waals surface area contributed by atoms with Gasteiger partial charge in [-0.3, -0.25) is 4.79 Å². The predicted octanol–water partition coefficient (Wildman–Crippen LogP) is 5.66. The van der Waals surface area contributed by atoms with Gasteiger partial charge in [0.15, 0.2) is 0 Å². The summed E-state index contributed by atoms with van der Waals surface area (Å²) in [6, 6.07) is 12.1. The van der Waals surface area contributed by atoms with Crippen molar-refractivity contribution in [3.63, 3.8) is 0 Å². The van der Waals surface area contributed by atoms with Crippen LogP contribution in [0.15, 0.2) is 47.4 Å². The predicted molar refractivity (Wildman–Crippen MR) is 107 cm³/mol. The minimum absolute atomic E-state index is 0.0236. The fourth-order valence-electron chi connectivity index (χ4n) is 2.01. The normalized spacial score (nSPS) is 12.0. The summed E-state index contributed by atoms with van der Waals surface area (Å²) in [6.07, 6.45) is 0. The van der Waals surface area contributed by atoms with Gasteiger partial charge in [-0.2, -0.15) is 11.8 Å². The summed E-state index contributed by atoms with van der Waals surface area (Å²) in [5.74, 6) is 0.854. The number of nitrogens with one attached hydrogen (secondary N) is 1. The maximum absolute atomic E-state index is 13.6. The molecule has 0 aliphatic carbocycles. The highest BCUT2D eigenvalue weighted by Crippen LogP contribution is 2.25. The van der Waals surface area contributed by atoms with Crippen molar-refractivity contribution in [3.05, 3.63) is 63.9 Å². The number of benzene rings is 2. The van der Waals surface area contributed by atoms with Crippen LogP contribution in [0.5, 0.6) is 0 Å². The minimum atomic E-state index is -0.294. The molecule has 1 amide bonds. The molecule has 1 N–H and O–H groups in total. The number of rotatable bonds is 8. The lowest BCUT2D eigenvalue weighted by Crippen LogP contribution is -2.32. The molecule has 7 heteroatoms. The molecule has 25 heavy (non-hydrogen) atoms. The molecule has 2 aromatic carbocycles. The van der Waals surface area contributed by atoms with Crippen molar-refractivity contribution in [2.45, 2.75) is 22.8 Å². The lowest BCUT2D eigenvalue weighted by molar-refractivity contribution is -0.120. The Morgan fingerprint density at radius 2 is 1.92 bits per heavy atom. The van der Waals surface area contributed by atoms with Gasteiger partial charge in [0.25, 0.3) is 0 Å². The van der Waals surface area contributed by atoms with Crippen LogP contribution in [-0.4, -0.2) is 23.5 Å². The van der Waals surface area contributed by atoms with Gasteiger partial charge in [-0.1, -0.05) is 29.3 Å². The first kappa shape index (κ1) is 20.4. The van der Waals surface area contributed by atoms with E-state index in [9.17, 15) is 9.18 Å². The maximum Gasteiger partial charge on any atom is 0.233 e. The second-order valence-corrected chi connectivity index (χ2v) is 8.62. The summed E-state index contributed by atoms with van der Waals surface area (Å²) in [5, 5.41) is 3.80. The van der Waals surface area contributed by atoms with Gasteiger partial charge in [0.2, 0.25) is 5.91 Å². The van der Waals surface area contributed by atoms with Crippen molar-refractivity contribution in [1.82, 2.24) is 5.32 Å². The highest BCUT2D eigenvalue weighted by atomic mass is 35.5. The molecule has 0 saturated carbocycles. The number of hydrogen-bond acceptors (Lipinski definition) is 3. The summed E-state index contributed by atoms with van der Waals surface area (Å²) >= 11 is 14.9. The molecule has 0 spiro atoms. The zero-order valence-electron chi connectivity index (χ0n) is 13.6. The second-order valence-electron chi connectivity index (χ2n) is 5.26. The van der Waals surface area contributed by atoms with Crippen molar-refractivity contribution in [2.75, 3.05) is 12.3 Å². The van der Waals surface area contributed by atoms with Gasteiger partial charge in [0.1, 0.15) is 5.82 Å². The van der Waals surface area contributed by atoms with Crippen molar-refractivity contribution in [2.24, 2.45) is 0 Å². The standard InChI is InChI=1S/C18H18Cl2FNOS2/c1-12(25-14-7-5-13(19)6-8-14)18(23)22-9-10-24-11-15-16(20)3-2-4-17(15)21/h2-8,12H,9-11H2,1H3,(H,22,23). The third-order valence-electron chi connectivity index (χ3n) is 3.35. The van der Waals surface area contributed by atoms with Crippen molar-refractivity contribution < 1.29 is 9.18 Å². The van der Waals surface area contributed by atoms with E-state index in [4.69, 9.17) is 23.2 Å². The molecule has 2 rings (SSSR count). The quantitative estimate of drug-likeness (QED) is 0.443. The number of halogens is 3. The third kappa shape index (κ3) is 6.74. The van der Waals surface area contributed by atoms with E-state index in [0.717, 1.165) is 4.90 Å². The molecule has 0 aliphatic rings. The molecular formula is C18H18Cl2FNOS2. The van der Waals surface area contributed by atoms with E-state index in [1.54, 1.807) is 24.3 Å². The molecule has 0 radical (unpaired) electrons. The maximum atomic E-state index is 13.6. The number of carbonyl (C=O) groups is 1. The smallest absolute Gasteiger partial charge is 0.233 e. The Bertz CT molecular complexity index is 692. The fraction of sp³-hybridized carbons (Fsp3) is 0.278. The molecule has 2 nitrogen and oxygen atoms in total. The van der Waals surface area contributed by atoms with Gasteiger partial charge in [-0.15, -0.1) is 11.8 Å². The Balaban J connectivity index is 1.68. The van der Waals surface area contributed by atoms with Crippen LogP contribution < -0.4 is 5.32 Å². The van der Waals surface area contributed by atoms with Crippen LogP contribution in [0.2, 0.25) is 10.0 Å². The first-order valence-corrected chi connectivity index (χ1v) is 10.5. The molecular weight excluding hydrogens is 400 g/mol. The van der Waals surface area contributed by atoms with Crippen LogP contribution >= 0.6 is 46.7 Å². The number of amides is 1. The van der Waals surface area contributed by atoms with Crippen molar-refractivity contribution >= 4 is 52.6 Å². The Morgan fingerprint density at radius 1 is 1.20 bits per heavy atom. The van der Waals surface area contributed by atoms with Crippen LogP contribution in [0.25, 0.3) is 0 Å². The zero-order valence-corrected chi connectivity index (χ0v) is 16.7. The Labute approximate surface area is 165 Å². The van der Waals surface area contributed by atoms with Gasteiger partial charge < -0.3 is 5.32 Å². The van der Waals surface area contributed by atoms with Crippen LogP contribution in [0.4, 0.5) is 4.39 Å².